The maximum Gasteiger partial charge on any atom is 0.143 e. The van der Waals surface area contributed by atoms with Gasteiger partial charge in [0, 0.05) is 38.5 Å². The van der Waals surface area contributed by atoms with Crippen molar-refractivity contribution in [1.82, 2.24) is 0 Å². The van der Waals surface area contributed by atoms with Crippen LogP contribution in [0.15, 0.2) is 197 Å². The highest BCUT2D eigenvalue weighted by molar-refractivity contribution is 6.19. The molecule has 2 heterocycles. The number of rotatable bonds is 5. The first-order chi connectivity index (χ1) is 27.9. The smallest absolute Gasteiger partial charge is 0.143 e. The van der Waals surface area contributed by atoms with Crippen LogP contribution in [0.3, 0.4) is 0 Å². The fraction of sp³-hybridized carbons (Fsp3) is 0. The molecule has 0 aliphatic rings. The van der Waals surface area contributed by atoms with Crippen LogP contribution in [0.25, 0.3) is 87.7 Å². The van der Waals surface area contributed by atoms with Gasteiger partial charge in [0.25, 0.3) is 0 Å². The van der Waals surface area contributed by atoms with Crippen LogP contribution in [0.2, 0.25) is 0 Å². The Balaban J connectivity index is 1.15. The third-order valence-corrected chi connectivity index (χ3v) is 10.3. The molecule has 0 radical (unpaired) electrons. The number of hydrogen-bond acceptors (Lipinski definition) is 3. The van der Waals surface area contributed by atoms with Gasteiger partial charge in [0.15, 0.2) is 0 Å². The summed E-state index contributed by atoms with van der Waals surface area (Å²) in [6.45, 7) is 0. The predicted molar refractivity (Wildman–Crippen MR) is 222 cm³/mol. The zero-order valence-corrected chi connectivity index (χ0v) is 28.4. The van der Waals surface area contributed by atoms with Crippen molar-refractivity contribution >= 4 is 82.5 Å². The summed E-state index contributed by atoms with van der Waals surface area (Å²) in [5.41, 5.74) is 7.27. The van der Waals surface area contributed by atoms with E-state index < -0.39 is 0 Å². The number of hydrogen-bond donors (Lipinski definition) is 0. The SMILES string of the molecule is [2H]c1c([2H])c(N(c2ccc(-c3cccc4c3oc3ccccc34)cc2)c2cccc3oc4c5ccccc5ccc4c23)c([2H])c([2H])c1-c1ccc2ccccc2c1. The van der Waals surface area contributed by atoms with Gasteiger partial charge >= 0.3 is 0 Å². The third kappa shape index (κ3) is 4.75. The molecule has 0 atom stereocenters. The van der Waals surface area contributed by atoms with E-state index in [9.17, 15) is 5.48 Å². The maximum absolute atomic E-state index is 9.61. The molecule has 0 saturated carbocycles. The quantitative estimate of drug-likeness (QED) is 0.181. The Morgan fingerprint density at radius 1 is 0.396 bits per heavy atom. The molecule has 0 spiro atoms. The van der Waals surface area contributed by atoms with Gasteiger partial charge in [0.05, 0.1) is 16.6 Å². The van der Waals surface area contributed by atoms with E-state index in [-0.39, 0.29) is 35.4 Å². The first kappa shape index (κ1) is 25.8. The molecule has 2 aromatic heterocycles. The Kier molecular flexibility index (Phi) is 5.71. The molecular weight excluding hydrogens is 647 g/mol. The van der Waals surface area contributed by atoms with Crippen molar-refractivity contribution in [3.05, 3.63) is 188 Å². The summed E-state index contributed by atoms with van der Waals surface area (Å²) in [6.07, 6.45) is 0. The highest BCUT2D eigenvalue weighted by Crippen LogP contribution is 2.45. The second-order valence-corrected chi connectivity index (χ2v) is 13.4. The molecule has 9 aromatic carbocycles. The van der Waals surface area contributed by atoms with Crippen LogP contribution in [0.4, 0.5) is 17.1 Å². The Bertz CT molecular complexity index is 3390. The van der Waals surface area contributed by atoms with Gasteiger partial charge < -0.3 is 13.7 Å². The average Bonchev–Trinajstić information content (AvgIpc) is 3.84. The van der Waals surface area contributed by atoms with E-state index in [4.69, 9.17) is 8.83 Å². The number of para-hydroxylation sites is 2. The summed E-state index contributed by atoms with van der Waals surface area (Å²) in [7, 11) is 0. The molecule has 11 rings (SSSR count). The molecule has 0 unspecified atom stereocenters. The Morgan fingerprint density at radius 2 is 1.06 bits per heavy atom. The largest absolute Gasteiger partial charge is 0.455 e. The van der Waals surface area contributed by atoms with Crippen molar-refractivity contribution in [2.24, 2.45) is 0 Å². The van der Waals surface area contributed by atoms with Crippen LogP contribution in [0.1, 0.15) is 5.48 Å². The summed E-state index contributed by atoms with van der Waals surface area (Å²) >= 11 is 0. The summed E-state index contributed by atoms with van der Waals surface area (Å²) in [4.78, 5) is 1.85. The van der Waals surface area contributed by atoms with Gasteiger partial charge in [-0.25, -0.2) is 0 Å². The zero-order chi connectivity index (χ0) is 38.4. The van der Waals surface area contributed by atoms with Gasteiger partial charge in [0.2, 0.25) is 0 Å². The number of nitrogens with zero attached hydrogens (tertiary/aromatic N) is 1. The van der Waals surface area contributed by atoms with Gasteiger partial charge in [-0.1, -0.05) is 133 Å². The molecule has 0 bridgehead atoms. The Hall–Kier alpha value is -7.10. The monoisotopic (exact) mass is 681 g/mol. The molecule has 3 heteroatoms. The van der Waals surface area contributed by atoms with Crippen molar-refractivity contribution in [2.75, 3.05) is 4.90 Å². The number of benzene rings is 9. The van der Waals surface area contributed by atoms with Crippen LogP contribution in [-0.4, -0.2) is 0 Å². The van der Waals surface area contributed by atoms with Crippen molar-refractivity contribution < 1.29 is 14.3 Å². The topological polar surface area (TPSA) is 29.5 Å². The van der Waals surface area contributed by atoms with Crippen molar-refractivity contribution in [3.63, 3.8) is 0 Å². The lowest BCUT2D eigenvalue weighted by Crippen LogP contribution is -2.10. The molecular formula is C50H31NO2. The molecule has 0 aliphatic carbocycles. The van der Waals surface area contributed by atoms with E-state index in [2.05, 4.69) is 30.3 Å². The minimum atomic E-state index is -0.148. The van der Waals surface area contributed by atoms with Gasteiger partial charge in [-0.15, -0.1) is 0 Å². The second kappa shape index (κ2) is 11.7. The Morgan fingerprint density at radius 3 is 1.92 bits per heavy atom. The third-order valence-electron chi connectivity index (χ3n) is 10.3. The van der Waals surface area contributed by atoms with E-state index in [1.54, 1.807) is 0 Å². The maximum atomic E-state index is 9.61. The van der Waals surface area contributed by atoms with E-state index >= 15 is 0 Å². The lowest BCUT2D eigenvalue weighted by atomic mass is 10.00. The molecule has 11 aromatic rings. The van der Waals surface area contributed by atoms with Crippen LogP contribution < -0.4 is 4.90 Å². The fourth-order valence-corrected chi connectivity index (χ4v) is 7.78. The minimum Gasteiger partial charge on any atom is -0.455 e. The highest BCUT2D eigenvalue weighted by atomic mass is 16.3. The number of fused-ring (bicyclic) bond motifs is 9. The summed E-state index contributed by atoms with van der Waals surface area (Å²) < 4.78 is 51.0. The van der Waals surface area contributed by atoms with Crippen molar-refractivity contribution in [1.29, 1.82) is 0 Å². The summed E-state index contributed by atoms with van der Waals surface area (Å²) in [5, 5.41) is 7.83. The fourth-order valence-electron chi connectivity index (χ4n) is 7.78. The molecule has 3 nitrogen and oxygen atoms in total. The van der Waals surface area contributed by atoms with Gasteiger partial charge in [0.1, 0.15) is 22.3 Å². The lowest BCUT2D eigenvalue weighted by Gasteiger charge is -2.26. The summed E-state index contributed by atoms with van der Waals surface area (Å²) in [6, 6.07) is 53.4. The second-order valence-electron chi connectivity index (χ2n) is 13.4. The molecule has 0 N–H and O–H groups in total. The Labute approximate surface area is 311 Å². The van der Waals surface area contributed by atoms with E-state index in [1.165, 1.54) is 0 Å². The van der Waals surface area contributed by atoms with Crippen molar-refractivity contribution in [3.8, 4) is 22.3 Å². The molecule has 0 saturated heterocycles. The van der Waals surface area contributed by atoms with E-state index in [1.807, 2.05) is 138 Å². The van der Waals surface area contributed by atoms with Crippen LogP contribution >= 0.6 is 0 Å². The van der Waals surface area contributed by atoms with E-state index in [0.717, 1.165) is 71.0 Å². The first-order valence-electron chi connectivity index (χ1n) is 19.7. The van der Waals surface area contributed by atoms with Crippen molar-refractivity contribution in [2.45, 2.75) is 0 Å². The van der Waals surface area contributed by atoms with Crippen LogP contribution in [0, 0.1) is 0 Å². The number of anilines is 3. The average molecular weight is 682 g/mol. The normalized spacial score (nSPS) is 12.8. The van der Waals surface area contributed by atoms with Gasteiger partial charge in [-0.3, -0.25) is 0 Å². The summed E-state index contributed by atoms with van der Waals surface area (Å²) in [5.74, 6) is 0. The van der Waals surface area contributed by atoms with E-state index in [0.29, 0.717) is 22.5 Å². The molecule has 0 aliphatic heterocycles. The highest BCUT2D eigenvalue weighted by Gasteiger charge is 2.21. The molecule has 0 fully saturated rings. The standard InChI is InChI=1S/C50H31NO2/c1-2-11-36-31-37(20-19-32(36)9-1)33-21-26-38(27-22-33)51(45-16-8-18-47-48(45)44-30-25-34-10-3-4-12-40(34)50(44)53-47)39-28-23-35(24-29-39)41-14-7-15-43-42-13-5-6-17-46(42)52-49(41)43/h1-31H/i21D,22D,26D,27D. The van der Waals surface area contributed by atoms with Crippen LogP contribution in [0.5, 0.6) is 0 Å². The zero-order valence-electron chi connectivity index (χ0n) is 32.4. The molecule has 53 heavy (non-hydrogen) atoms. The van der Waals surface area contributed by atoms with Gasteiger partial charge in [-0.2, -0.15) is 0 Å². The minimum absolute atomic E-state index is 0.116. The van der Waals surface area contributed by atoms with Crippen LogP contribution in [-0.2, 0) is 0 Å². The molecule has 0 amide bonds. The first-order valence-corrected chi connectivity index (χ1v) is 17.7. The number of furan rings is 2. The molecule has 248 valence electrons. The predicted octanol–water partition coefficient (Wildman–Crippen LogP) is 14.6. The van der Waals surface area contributed by atoms with Gasteiger partial charge in [-0.05, 0) is 87.4 Å². The lowest BCUT2D eigenvalue weighted by molar-refractivity contribution is 0.670.